The molecule has 11 heteroatoms. The minimum Gasteiger partial charge on any atom is -0.343 e. The molecule has 0 saturated heterocycles. The number of nitrogens with zero attached hydrogens (tertiary/aromatic N) is 3. The number of rotatable bonds is 6. The van der Waals surface area contributed by atoms with E-state index in [1.165, 1.54) is 11.3 Å². The van der Waals surface area contributed by atoms with E-state index in [-0.39, 0.29) is 12.2 Å². The highest BCUT2D eigenvalue weighted by Gasteiger charge is 2.18. The number of carbonyl (C=O) groups is 1. The third kappa shape index (κ3) is 4.28. The lowest BCUT2D eigenvalue weighted by molar-refractivity contribution is -0.119. The number of benzene rings is 1. The number of thiazole rings is 1. The summed E-state index contributed by atoms with van der Waals surface area (Å²) >= 11 is 7.34. The SMILES string of the molecule is O=C(CCc1nc2cc(Cl)ccc2s1)NS(=O)(=O)Cc1ncon1. The van der Waals surface area contributed by atoms with Crippen LogP contribution in [0.1, 0.15) is 17.3 Å². The number of fused-ring (bicyclic) bond motifs is 1. The van der Waals surface area contributed by atoms with Crippen LogP contribution in [0.5, 0.6) is 0 Å². The van der Waals surface area contributed by atoms with E-state index in [1.54, 1.807) is 12.1 Å². The summed E-state index contributed by atoms with van der Waals surface area (Å²) in [6, 6.07) is 5.36. The predicted molar refractivity (Wildman–Crippen MR) is 88.0 cm³/mol. The number of nitrogens with one attached hydrogen (secondary N) is 1. The molecule has 0 aliphatic carbocycles. The van der Waals surface area contributed by atoms with E-state index in [0.29, 0.717) is 11.4 Å². The van der Waals surface area contributed by atoms with Gasteiger partial charge in [0.05, 0.1) is 15.2 Å². The predicted octanol–water partition coefficient (Wildman–Crippen LogP) is 1.91. The second kappa shape index (κ2) is 6.83. The van der Waals surface area contributed by atoms with Crippen LogP contribution in [0.4, 0.5) is 0 Å². The Morgan fingerprint density at radius 1 is 1.38 bits per heavy atom. The van der Waals surface area contributed by atoms with Gasteiger partial charge in [0, 0.05) is 17.9 Å². The minimum absolute atomic E-state index is 0.000964. The zero-order valence-corrected chi connectivity index (χ0v) is 14.5. The van der Waals surface area contributed by atoms with Crippen molar-refractivity contribution in [3.63, 3.8) is 0 Å². The van der Waals surface area contributed by atoms with Crippen LogP contribution in [0.15, 0.2) is 29.1 Å². The van der Waals surface area contributed by atoms with Crippen molar-refractivity contribution >= 4 is 49.1 Å². The molecular formula is C13H11ClN4O4S2. The lowest BCUT2D eigenvalue weighted by Gasteiger charge is -2.03. The first kappa shape index (κ1) is 16.8. The maximum absolute atomic E-state index is 11.8. The Morgan fingerprint density at radius 3 is 2.96 bits per heavy atom. The Labute approximate surface area is 145 Å². The van der Waals surface area contributed by atoms with E-state index in [9.17, 15) is 13.2 Å². The highest BCUT2D eigenvalue weighted by molar-refractivity contribution is 7.89. The maximum Gasteiger partial charge on any atom is 0.242 e. The van der Waals surface area contributed by atoms with Crippen molar-refractivity contribution in [1.29, 1.82) is 0 Å². The van der Waals surface area contributed by atoms with Crippen molar-refractivity contribution in [2.75, 3.05) is 0 Å². The summed E-state index contributed by atoms with van der Waals surface area (Å²) in [4.78, 5) is 19.8. The van der Waals surface area contributed by atoms with Gasteiger partial charge in [0.15, 0.2) is 5.82 Å². The van der Waals surface area contributed by atoms with Gasteiger partial charge in [-0.15, -0.1) is 11.3 Å². The average molecular weight is 387 g/mol. The van der Waals surface area contributed by atoms with Crippen molar-refractivity contribution < 1.29 is 17.7 Å². The topological polar surface area (TPSA) is 115 Å². The van der Waals surface area contributed by atoms with Crippen LogP contribution in [0.25, 0.3) is 10.2 Å². The third-order valence-electron chi connectivity index (χ3n) is 2.96. The van der Waals surface area contributed by atoms with E-state index in [1.807, 2.05) is 10.8 Å². The van der Waals surface area contributed by atoms with E-state index < -0.39 is 21.7 Å². The van der Waals surface area contributed by atoms with Crippen LogP contribution in [0, 0.1) is 0 Å². The molecule has 3 rings (SSSR count). The first-order chi connectivity index (χ1) is 11.4. The molecule has 1 amide bonds. The van der Waals surface area contributed by atoms with Crippen LogP contribution in [-0.2, 0) is 27.0 Å². The molecule has 2 aromatic heterocycles. The highest BCUT2D eigenvalue weighted by Crippen LogP contribution is 2.25. The summed E-state index contributed by atoms with van der Waals surface area (Å²) < 4.78 is 31.0. The first-order valence-corrected chi connectivity index (χ1v) is 9.59. The van der Waals surface area contributed by atoms with Gasteiger partial charge in [0.1, 0.15) is 5.75 Å². The molecule has 8 nitrogen and oxygen atoms in total. The number of amides is 1. The fraction of sp³-hybridized carbons (Fsp3) is 0.231. The number of aryl methyl sites for hydroxylation is 1. The van der Waals surface area contributed by atoms with Crippen LogP contribution in [-0.4, -0.2) is 29.4 Å². The number of aromatic nitrogens is 3. The summed E-state index contributed by atoms with van der Waals surface area (Å²) in [7, 11) is -3.86. The smallest absolute Gasteiger partial charge is 0.242 e. The van der Waals surface area contributed by atoms with Gasteiger partial charge in [-0.25, -0.2) is 13.4 Å². The monoisotopic (exact) mass is 386 g/mol. The average Bonchev–Trinajstić information content (AvgIpc) is 3.12. The molecule has 0 atom stereocenters. The fourth-order valence-corrected chi connectivity index (χ4v) is 4.06. The van der Waals surface area contributed by atoms with Crippen molar-refractivity contribution in [2.24, 2.45) is 0 Å². The van der Waals surface area contributed by atoms with Crippen molar-refractivity contribution in [2.45, 2.75) is 18.6 Å². The molecule has 0 aliphatic heterocycles. The number of hydrogen-bond acceptors (Lipinski definition) is 8. The Kier molecular flexibility index (Phi) is 4.78. The van der Waals surface area contributed by atoms with Gasteiger partial charge in [0.2, 0.25) is 22.3 Å². The van der Waals surface area contributed by atoms with Gasteiger partial charge < -0.3 is 4.52 Å². The van der Waals surface area contributed by atoms with E-state index in [0.717, 1.165) is 21.6 Å². The number of hydrogen-bond donors (Lipinski definition) is 1. The Bertz CT molecular complexity index is 969. The molecule has 3 aromatic rings. The van der Waals surface area contributed by atoms with Gasteiger partial charge >= 0.3 is 0 Å². The second-order valence-corrected chi connectivity index (χ2v) is 8.13. The largest absolute Gasteiger partial charge is 0.343 e. The van der Waals surface area contributed by atoms with Gasteiger partial charge in [-0.05, 0) is 18.2 Å². The van der Waals surface area contributed by atoms with Gasteiger partial charge in [-0.3, -0.25) is 9.52 Å². The Balaban J connectivity index is 1.58. The minimum atomic E-state index is -3.86. The molecule has 0 saturated carbocycles. The summed E-state index contributed by atoms with van der Waals surface area (Å²) in [5.74, 6) is -1.15. The van der Waals surface area contributed by atoms with Crippen LogP contribution >= 0.6 is 22.9 Å². The Hall–Kier alpha value is -2.04. The summed E-state index contributed by atoms with van der Waals surface area (Å²) in [5.41, 5.74) is 0.757. The molecule has 126 valence electrons. The number of halogens is 1. The van der Waals surface area contributed by atoms with Gasteiger partial charge in [-0.1, -0.05) is 16.8 Å². The number of carbonyl (C=O) groups excluding carboxylic acids is 1. The van der Waals surface area contributed by atoms with Gasteiger partial charge in [-0.2, -0.15) is 4.98 Å². The summed E-state index contributed by atoms with van der Waals surface area (Å²) in [6.45, 7) is 0. The molecule has 0 aliphatic rings. The van der Waals surface area contributed by atoms with Crippen LogP contribution < -0.4 is 4.72 Å². The molecule has 24 heavy (non-hydrogen) atoms. The van der Waals surface area contributed by atoms with Crippen LogP contribution in [0.2, 0.25) is 5.02 Å². The molecular weight excluding hydrogens is 376 g/mol. The molecule has 0 bridgehead atoms. The lowest BCUT2D eigenvalue weighted by Crippen LogP contribution is -2.32. The van der Waals surface area contributed by atoms with Crippen molar-refractivity contribution in [3.8, 4) is 0 Å². The fourth-order valence-electron chi connectivity index (χ4n) is 1.96. The summed E-state index contributed by atoms with van der Waals surface area (Å²) in [6.07, 6.45) is 1.35. The number of sulfonamides is 1. The Morgan fingerprint density at radius 2 is 2.21 bits per heavy atom. The van der Waals surface area contributed by atoms with Crippen LogP contribution in [0.3, 0.4) is 0 Å². The summed E-state index contributed by atoms with van der Waals surface area (Å²) in [5, 5.41) is 4.72. The van der Waals surface area contributed by atoms with Crippen molar-refractivity contribution in [1.82, 2.24) is 19.8 Å². The highest BCUT2D eigenvalue weighted by atomic mass is 35.5. The van der Waals surface area contributed by atoms with E-state index >= 15 is 0 Å². The third-order valence-corrected chi connectivity index (χ3v) is 5.46. The zero-order valence-electron chi connectivity index (χ0n) is 12.1. The lowest BCUT2D eigenvalue weighted by atomic mass is 10.3. The molecule has 0 spiro atoms. The molecule has 0 unspecified atom stereocenters. The van der Waals surface area contributed by atoms with Gasteiger partial charge in [0.25, 0.3) is 0 Å². The molecule has 0 fully saturated rings. The second-order valence-electron chi connectivity index (χ2n) is 4.85. The molecule has 2 heterocycles. The molecule has 0 radical (unpaired) electrons. The zero-order chi connectivity index (χ0) is 17.2. The standard InChI is InChI=1S/C13H11ClN4O4S2/c14-8-1-2-10-9(5-8)16-13(23-10)4-3-12(19)18-24(20,21)6-11-15-7-22-17-11/h1-2,5,7H,3-4,6H2,(H,18,19). The van der Waals surface area contributed by atoms with Crippen molar-refractivity contribution in [3.05, 3.63) is 40.4 Å². The van der Waals surface area contributed by atoms with E-state index in [2.05, 4.69) is 19.6 Å². The molecule has 1 N–H and O–H groups in total. The quantitative estimate of drug-likeness (QED) is 0.687. The normalized spacial score (nSPS) is 11.7. The first-order valence-electron chi connectivity index (χ1n) is 6.75. The molecule has 1 aromatic carbocycles. The van der Waals surface area contributed by atoms with E-state index in [4.69, 9.17) is 11.6 Å². The maximum atomic E-state index is 11.8.